The highest BCUT2D eigenvalue weighted by atomic mass is 16.5. The van der Waals surface area contributed by atoms with Crippen LogP contribution in [0.25, 0.3) is 22.8 Å². The number of benzene rings is 1. The Morgan fingerprint density at radius 1 is 1.17 bits per heavy atom. The number of aliphatic hydroxyl groups excluding tert-OH is 2. The first kappa shape index (κ1) is 26.1. The van der Waals surface area contributed by atoms with Gasteiger partial charge in [0, 0.05) is 23.9 Å². The van der Waals surface area contributed by atoms with Gasteiger partial charge in [0.2, 0.25) is 17.6 Å². The van der Waals surface area contributed by atoms with Crippen LogP contribution in [-0.4, -0.2) is 63.2 Å². The van der Waals surface area contributed by atoms with Crippen molar-refractivity contribution in [3.05, 3.63) is 41.1 Å². The summed E-state index contributed by atoms with van der Waals surface area (Å²) in [5.41, 5.74) is 4.13. The van der Waals surface area contributed by atoms with Crippen LogP contribution in [0, 0.1) is 13.8 Å². The van der Waals surface area contributed by atoms with E-state index in [2.05, 4.69) is 20.4 Å². The molecule has 0 aliphatic rings. The predicted molar refractivity (Wildman–Crippen MR) is 129 cm³/mol. The van der Waals surface area contributed by atoms with E-state index in [1.165, 1.54) is 0 Å². The first-order valence-corrected chi connectivity index (χ1v) is 11.5. The molecule has 0 fully saturated rings. The fourth-order valence-corrected chi connectivity index (χ4v) is 3.46. The molecule has 0 saturated carbocycles. The highest BCUT2D eigenvalue weighted by Gasteiger charge is 2.17. The summed E-state index contributed by atoms with van der Waals surface area (Å²) in [5, 5.41) is 25.4. The van der Waals surface area contributed by atoms with Gasteiger partial charge in [0.1, 0.15) is 25.1 Å². The minimum atomic E-state index is -0.913. The van der Waals surface area contributed by atoms with Crippen molar-refractivity contribution in [2.24, 2.45) is 0 Å². The van der Waals surface area contributed by atoms with Crippen LogP contribution in [0.1, 0.15) is 37.5 Å². The van der Waals surface area contributed by atoms with E-state index in [0.717, 1.165) is 22.3 Å². The number of hydrogen-bond donors (Lipinski definition) is 3. The maximum atomic E-state index is 11.1. The van der Waals surface area contributed by atoms with E-state index in [9.17, 15) is 9.90 Å². The number of aliphatic hydroxyl groups is 2. The minimum Gasteiger partial charge on any atom is -0.490 e. The summed E-state index contributed by atoms with van der Waals surface area (Å²) < 4.78 is 17.0. The molecule has 3 aromatic rings. The smallest absolute Gasteiger partial charge is 0.259 e. The number of carbonyl (C=O) groups is 1. The van der Waals surface area contributed by atoms with Crippen LogP contribution in [0.5, 0.6) is 11.6 Å². The Morgan fingerprint density at radius 3 is 2.57 bits per heavy atom. The van der Waals surface area contributed by atoms with Crippen LogP contribution in [0.2, 0.25) is 0 Å². The maximum Gasteiger partial charge on any atom is 0.259 e. The summed E-state index contributed by atoms with van der Waals surface area (Å²) in [6.07, 6.45) is 1.45. The average Bonchev–Trinajstić information content (AvgIpc) is 3.32. The molecule has 0 unspecified atom stereocenters. The second kappa shape index (κ2) is 11.8. The lowest BCUT2D eigenvalue weighted by molar-refractivity contribution is -0.124. The van der Waals surface area contributed by atoms with Gasteiger partial charge in [-0.1, -0.05) is 12.1 Å². The Kier molecular flexibility index (Phi) is 8.78. The third kappa shape index (κ3) is 6.77. The highest BCUT2D eigenvalue weighted by Crippen LogP contribution is 2.31. The molecule has 0 saturated heterocycles. The van der Waals surface area contributed by atoms with Gasteiger partial charge in [0.05, 0.1) is 11.7 Å². The molecule has 188 valence electrons. The zero-order valence-electron chi connectivity index (χ0n) is 20.7. The van der Waals surface area contributed by atoms with E-state index in [0.29, 0.717) is 35.3 Å². The molecule has 3 rings (SSSR count). The number of carbonyl (C=O) groups excluding carboxylic acids is 1. The molecular weight excluding hydrogens is 452 g/mol. The Balaban J connectivity index is 1.76. The second-order valence-electron chi connectivity index (χ2n) is 8.50. The lowest BCUT2D eigenvalue weighted by Gasteiger charge is -2.17. The van der Waals surface area contributed by atoms with Crippen LogP contribution in [0.3, 0.4) is 0 Å². The van der Waals surface area contributed by atoms with Gasteiger partial charge in [0.15, 0.2) is 0 Å². The van der Waals surface area contributed by atoms with Gasteiger partial charge in [-0.2, -0.15) is 4.98 Å². The average molecular weight is 485 g/mol. The Bertz CT molecular complexity index is 1160. The SMILES string of the molecule is CCc1cc(-c2noc(-c3cnc(OC(C)C)c(C)c3)n2)cc(C)c1OC[C@H](O)CNC(=O)CO. The molecule has 0 radical (unpaired) electrons. The third-order valence-electron chi connectivity index (χ3n) is 5.14. The van der Waals surface area contributed by atoms with E-state index in [-0.39, 0.29) is 19.3 Å². The molecule has 3 N–H and O–H groups in total. The number of nitrogens with zero attached hydrogens (tertiary/aromatic N) is 3. The molecule has 35 heavy (non-hydrogen) atoms. The highest BCUT2D eigenvalue weighted by molar-refractivity contribution is 5.76. The summed E-state index contributed by atoms with van der Waals surface area (Å²) in [4.78, 5) is 20.1. The van der Waals surface area contributed by atoms with Crippen molar-refractivity contribution in [3.8, 4) is 34.5 Å². The van der Waals surface area contributed by atoms with Gasteiger partial charge in [-0.25, -0.2) is 4.98 Å². The van der Waals surface area contributed by atoms with Crippen molar-refractivity contribution in [1.29, 1.82) is 0 Å². The summed E-state index contributed by atoms with van der Waals surface area (Å²) in [7, 11) is 0. The van der Waals surface area contributed by atoms with Gasteiger partial charge < -0.3 is 29.5 Å². The lowest BCUT2D eigenvalue weighted by atomic mass is 10.0. The first-order valence-electron chi connectivity index (χ1n) is 11.5. The summed E-state index contributed by atoms with van der Waals surface area (Å²) >= 11 is 0. The van der Waals surface area contributed by atoms with Crippen LogP contribution in [0.15, 0.2) is 28.9 Å². The molecule has 1 amide bonds. The number of aromatic nitrogens is 3. The van der Waals surface area contributed by atoms with Crippen LogP contribution < -0.4 is 14.8 Å². The van der Waals surface area contributed by atoms with E-state index in [4.69, 9.17) is 19.1 Å². The molecule has 0 spiro atoms. The monoisotopic (exact) mass is 484 g/mol. The van der Waals surface area contributed by atoms with Gasteiger partial charge >= 0.3 is 0 Å². The molecule has 0 bridgehead atoms. The Morgan fingerprint density at radius 2 is 1.91 bits per heavy atom. The molecule has 10 heteroatoms. The predicted octanol–water partition coefficient (Wildman–Crippen LogP) is 2.61. The topological polar surface area (TPSA) is 140 Å². The van der Waals surface area contributed by atoms with E-state index < -0.39 is 18.6 Å². The minimum absolute atomic E-state index is 0.00583. The van der Waals surface area contributed by atoms with E-state index in [1.54, 1.807) is 6.20 Å². The third-order valence-corrected chi connectivity index (χ3v) is 5.14. The Hall–Kier alpha value is -3.50. The number of ether oxygens (including phenoxy) is 2. The fourth-order valence-electron chi connectivity index (χ4n) is 3.46. The second-order valence-corrected chi connectivity index (χ2v) is 8.50. The molecular formula is C25H32N4O6. The van der Waals surface area contributed by atoms with Crippen LogP contribution in [0.4, 0.5) is 0 Å². The molecule has 1 atom stereocenters. The standard InChI is InChI=1S/C25H32N4O6/c1-6-17-9-18(7-15(4)22(17)33-13-20(31)11-26-21(32)12-30)23-28-25(35-29-23)19-8-16(5)24(27-10-19)34-14(2)3/h7-10,14,20,30-31H,6,11-13H2,1-5H3,(H,26,32)/t20-/m1/s1. The number of hydrogen-bond acceptors (Lipinski definition) is 9. The molecule has 2 heterocycles. The van der Waals surface area contributed by atoms with Crippen molar-refractivity contribution >= 4 is 5.91 Å². The van der Waals surface area contributed by atoms with Crippen LogP contribution in [-0.2, 0) is 11.2 Å². The number of nitrogens with one attached hydrogen (secondary N) is 1. The zero-order valence-corrected chi connectivity index (χ0v) is 20.7. The number of amides is 1. The molecule has 10 nitrogen and oxygen atoms in total. The normalized spacial score (nSPS) is 12.0. The quantitative estimate of drug-likeness (QED) is 0.375. The summed E-state index contributed by atoms with van der Waals surface area (Å²) in [6, 6.07) is 5.72. The summed E-state index contributed by atoms with van der Waals surface area (Å²) in [5.74, 6) is 1.48. The fraction of sp³-hybridized carbons (Fsp3) is 0.440. The van der Waals surface area contributed by atoms with E-state index >= 15 is 0 Å². The Labute approximate surface area is 204 Å². The molecule has 2 aromatic heterocycles. The number of rotatable bonds is 11. The van der Waals surface area contributed by atoms with Gasteiger partial charge in [-0.05, 0) is 63.4 Å². The molecule has 0 aliphatic heterocycles. The van der Waals surface area contributed by atoms with Gasteiger partial charge in [-0.15, -0.1) is 0 Å². The van der Waals surface area contributed by atoms with Gasteiger partial charge in [-0.3, -0.25) is 4.79 Å². The van der Waals surface area contributed by atoms with Crippen molar-refractivity contribution < 1.29 is 29.0 Å². The van der Waals surface area contributed by atoms with Gasteiger partial charge in [0.25, 0.3) is 5.89 Å². The van der Waals surface area contributed by atoms with Crippen molar-refractivity contribution in [2.45, 2.75) is 53.2 Å². The largest absolute Gasteiger partial charge is 0.490 e. The van der Waals surface area contributed by atoms with Crippen molar-refractivity contribution in [3.63, 3.8) is 0 Å². The van der Waals surface area contributed by atoms with E-state index in [1.807, 2.05) is 52.8 Å². The number of pyridine rings is 1. The maximum absolute atomic E-state index is 11.1. The van der Waals surface area contributed by atoms with Crippen LogP contribution >= 0.6 is 0 Å². The first-order chi connectivity index (χ1) is 16.7. The number of aryl methyl sites for hydroxylation is 3. The van der Waals surface area contributed by atoms with Crippen molar-refractivity contribution in [2.75, 3.05) is 19.8 Å². The van der Waals surface area contributed by atoms with Crippen molar-refractivity contribution in [1.82, 2.24) is 20.4 Å². The molecule has 0 aliphatic carbocycles. The molecule has 1 aromatic carbocycles. The summed E-state index contributed by atoms with van der Waals surface area (Å²) in [6.45, 7) is 9.07. The zero-order chi connectivity index (χ0) is 25.5. The lowest BCUT2D eigenvalue weighted by Crippen LogP contribution is -2.36.